The van der Waals surface area contributed by atoms with Gasteiger partial charge in [0.25, 0.3) is 0 Å². The Labute approximate surface area is 184 Å². The highest BCUT2D eigenvalue weighted by molar-refractivity contribution is 7.91. The molecule has 31 heavy (non-hydrogen) atoms. The molecule has 0 radical (unpaired) electrons. The summed E-state index contributed by atoms with van der Waals surface area (Å²) >= 11 is 5.75. The highest BCUT2D eigenvalue weighted by atomic mass is 35.5. The van der Waals surface area contributed by atoms with Crippen molar-refractivity contribution < 1.29 is 26.0 Å². The average molecular weight is 484 g/mol. The van der Waals surface area contributed by atoms with Crippen LogP contribution >= 0.6 is 11.6 Å². The van der Waals surface area contributed by atoms with E-state index in [2.05, 4.69) is 15.5 Å². The number of hydrogen-bond donors (Lipinski definition) is 1. The fourth-order valence-corrected chi connectivity index (χ4v) is 4.78. The Kier molecular flexibility index (Phi) is 6.77. The van der Waals surface area contributed by atoms with Crippen molar-refractivity contribution in [2.45, 2.75) is 23.1 Å². The van der Waals surface area contributed by atoms with Crippen molar-refractivity contribution in [2.75, 3.05) is 16.8 Å². The molecule has 0 saturated carbocycles. The molecule has 0 bridgehead atoms. The van der Waals surface area contributed by atoms with E-state index >= 15 is 0 Å². The third kappa shape index (κ3) is 5.69. The minimum Gasteiger partial charge on any atom is -0.403 e. The Hall–Kier alpha value is -2.76. The number of sulfone groups is 2. The van der Waals surface area contributed by atoms with Crippen LogP contribution in [0.1, 0.15) is 13.3 Å². The van der Waals surface area contributed by atoms with Crippen LogP contribution in [0.25, 0.3) is 11.5 Å². The largest absolute Gasteiger partial charge is 0.403 e. The van der Waals surface area contributed by atoms with Crippen LogP contribution in [-0.4, -0.2) is 44.4 Å². The molecule has 12 heteroatoms. The number of benzene rings is 2. The van der Waals surface area contributed by atoms with Gasteiger partial charge in [0.1, 0.15) is 0 Å². The number of carbonyl (C=O) groups excluding carboxylic acids is 1. The van der Waals surface area contributed by atoms with E-state index in [1.165, 1.54) is 48.5 Å². The lowest BCUT2D eigenvalue weighted by molar-refractivity contribution is -0.115. The quantitative estimate of drug-likeness (QED) is 0.516. The number of nitrogens with one attached hydrogen (secondary N) is 1. The van der Waals surface area contributed by atoms with Gasteiger partial charge in [-0.2, -0.15) is 0 Å². The Morgan fingerprint density at radius 1 is 0.935 bits per heavy atom. The van der Waals surface area contributed by atoms with E-state index in [0.717, 1.165) is 0 Å². The van der Waals surface area contributed by atoms with Gasteiger partial charge in [0, 0.05) is 17.0 Å². The molecular formula is C19H18ClN3O6S2. The van der Waals surface area contributed by atoms with Crippen molar-refractivity contribution in [1.82, 2.24) is 10.2 Å². The van der Waals surface area contributed by atoms with Crippen LogP contribution in [0.4, 0.5) is 6.01 Å². The smallest absolute Gasteiger partial charge is 0.322 e. The van der Waals surface area contributed by atoms with Gasteiger partial charge in [-0.05, 0) is 48.5 Å². The molecule has 0 aliphatic carbocycles. The van der Waals surface area contributed by atoms with Crippen LogP contribution in [0.2, 0.25) is 5.02 Å². The van der Waals surface area contributed by atoms with E-state index in [1.807, 2.05) is 0 Å². The highest BCUT2D eigenvalue weighted by Gasteiger charge is 2.18. The molecule has 2 aromatic carbocycles. The van der Waals surface area contributed by atoms with E-state index in [9.17, 15) is 21.6 Å². The molecule has 0 spiro atoms. The molecule has 0 saturated heterocycles. The summed E-state index contributed by atoms with van der Waals surface area (Å²) in [6.07, 6.45) is -0.313. The standard InChI is InChI=1S/C19H18ClN3O6S2/c1-2-30(25,26)15-7-3-13(4-8-15)18-22-23-19(29-18)21-17(24)11-12-31(27,28)16-9-5-14(20)6-10-16/h3-10H,2,11-12H2,1H3,(H,21,23,24). The number of nitrogens with zero attached hydrogens (tertiary/aromatic N) is 2. The van der Waals surface area contributed by atoms with Crippen molar-refractivity contribution in [2.24, 2.45) is 0 Å². The fourth-order valence-electron chi connectivity index (χ4n) is 2.53. The van der Waals surface area contributed by atoms with Gasteiger partial charge in [-0.15, -0.1) is 5.10 Å². The molecule has 0 unspecified atom stereocenters. The van der Waals surface area contributed by atoms with Crippen LogP contribution in [0, 0.1) is 0 Å². The molecule has 1 N–H and O–H groups in total. The maximum atomic E-state index is 12.3. The summed E-state index contributed by atoms with van der Waals surface area (Å²) < 4.78 is 53.7. The second kappa shape index (κ2) is 9.16. The van der Waals surface area contributed by atoms with Gasteiger partial charge < -0.3 is 4.42 Å². The molecule has 1 aromatic heterocycles. The maximum absolute atomic E-state index is 12.3. The summed E-state index contributed by atoms with van der Waals surface area (Å²) in [6, 6.07) is 11.3. The Morgan fingerprint density at radius 2 is 1.52 bits per heavy atom. The zero-order chi connectivity index (χ0) is 22.6. The van der Waals surface area contributed by atoms with E-state index in [1.54, 1.807) is 6.92 Å². The number of halogens is 1. The lowest BCUT2D eigenvalue weighted by Crippen LogP contribution is -2.17. The fraction of sp³-hybridized carbons (Fsp3) is 0.211. The van der Waals surface area contributed by atoms with Gasteiger partial charge in [-0.3, -0.25) is 10.1 Å². The van der Waals surface area contributed by atoms with Crippen molar-refractivity contribution in [3.05, 3.63) is 53.6 Å². The van der Waals surface area contributed by atoms with Gasteiger partial charge in [0.05, 0.1) is 21.3 Å². The maximum Gasteiger partial charge on any atom is 0.322 e. The number of carbonyl (C=O) groups is 1. The number of hydrogen-bond acceptors (Lipinski definition) is 8. The molecule has 1 amide bonds. The second-order valence-electron chi connectivity index (χ2n) is 6.41. The molecule has 0 aliphatic rings. The predicted octanol–water partition coefficient (Wildman–Crippen LogP) is 2.99. The van der Waals surface area contributed by atoms with Crippen LogP contribution in [-0.2, 0) is 24.5 Å². The Bertz CT molecular complexity index is 1290. The van der Waals surface area contributed by atoms with E-state index < -0.39 is 31.3 Å². The third-order valence-electron chi connectivity index (χ3n) is 4.28. The summed E-state index contributed by atoms with van der Waals surface area (Å²) in [5.74, 6) is -0.965. The van der Waals surface area contributed by atoms with Crippen LogP contribution in [0.3, 0.4) is 0 Å². The first kappa shape index (κ1) is 22.9. The summed E-state index contributed by atoms with van der Waals surface area (Å²) in [6.45, 7) is 1.55. The first-order valence-corrected chi connectivity index (χ1v) is 12.7. The van der Waals surface area contributed by atoms with E-state index in [0.29, 0.717) is 10.6 Å². The Morgan fingerprint density at radius 3 is 2.13 bits per heavy atom. The molecule has 3 rings (SSSR count). The first-order chi connectivity index (χ1) is 14.6. The van der Waals surface area contributed by atoms with Crippen molar-refractivity contribution in [1.29, 1.82) is 0 Å². The van der Waals surface area contributed by atoms with Crippen LogP contribution in [0.5, 0.6) is 0 Å². The number of rotatable bonds is 8. The van der Waals surface area contributed by atoms with Gasteiger partial charge >= 0.3 is 6.01 Å². The predicted molar refractivity (Wildman–Crippen MR) is 114 cm³/mol. The average Bonchev–Trinajstić information content (AvgIpc) is 3.21. The molecular weight excluding hydrogens is 466 g/mol. The van der Waals surface area contributed by atoms with Crippen molar-refractivity contribution >= 4 is 43.2 Å². The van der Waals surface area contributed by atoms with E-state index in [4.69, 9.17) is 16.0 Å². The number of anilines is 1. The monoisotopic (exact) mass is 483 g/mol. The van der Waals surface area contributed by atoms with Crippen LogP contribution in [0.15, 0.2) is 62.7 Å². The second-order valence-corrected chi connectivity index (χ2v) is 11.2. The summed E-state index contributed by atoms with van der Waals surface area (Å²) in [4.78, 5) is 12.3. The molecule has 164 valence electrons. The number of aromatic nitrogens is 2. The van der Waals surface area contributed by atoms with Crippen molar-refractivity contribution in [3.8, 4) is 11.5 Å². The lowest BCUT2D eigenvalue weighted by atomic mass is 10.2. The molecule has 0 aliphatic heterocycles. The SMILES string of the molecule is CCS(=O)(=O)c1ccc(-c2nnc(NC(=O)CCS(=O)(=O)c3ccc(Cl)cc3)o2)cc1. The minimum absolute atomic E-state index is 0.0170. The lowest BCUT2D eigenvalue weighted by Gasteiger charge is -2.04. The zero-order valence-corrected chi connectivity index (χ0v) is 18.7. The first-order valence-electron chi connectivity index (χ1n) is 9.05. The summed E-state index contributed by atoms with van der Waals surface area (Å²) in [5, 5.41) is 10.3. The topological polar surface area (TPSA) is 136 Å². The molecule has 1 heterocycles. The van der Waals surface area contributed by atoms with Gasteiger partial charge in [-0.1, -0.05) is 23.6 Å². The zero-order valence-electron chi connectivity index (χ0n) is 16.3. The normalized spacial score (nSPS) is 11.9. The summed E-state index contributed by atoms with van der Waals surface area (Å²) in [5.41, 5.74) is 0.466. The van der Waals surface area contributed by atoms with E-state index in [-0.39, 0.29) is 33.9 Å². The highest BCUT2D eigenvalue weighted by Crippen LogP contribution is 2.22. The Balaban J connectivity index is 1.62. The molecule has 9 nitrogen and oxygen atoms in total. The number of amides is 1. The van der Waals surface area contributed by atoms with Crippen molar-refractivity contribution in [3.63, 3.8) is 0 Å². The minimum atomic E-state index is -3.66. The molecule has 0 fully saturated rings. The van der Waals surface area contributed by atoms with Gasteiger partial charge in [-0.25, -0.2) is 16.8 Å². The van der Waals surface area contributed by atoms with Gasteiger partial charge in [0.15, 0.2) is 19.7 Å². The van der Waals surface area contributed by atoms with Crippen LogP contribution < -0.4 is 5.32 Å². The third-order valence-corrected chi connectivity index (χ3v) is 8.02. The summed E-state index contributed by atoms with van der Waals surface area (Å²) in [7, 11) is -6.98. The van der Waals surface area contributed by atoms with Gasteiger partial charge in [0.2, 0.25) is 11.8 Å². The molecule has 0 atom stereocenters. The molecule has 3 aromatic rings.